The molecule has 3 nitrogen and oxygen atoms in total. The Balaban J connectivity index is 1.75. The van der Waals surface area contributed by atoms with Crippen molar-refractivity contribution >= 4 is 11.8 Å². The van der Waals surface area contributed by atoms with Gasteiger partial charge in [-0.25, -0.2) is 0 Å². The Hall–Kier alpha value is -1.15. The number of hydrogen-bond donors (Lipinski definition) is 1. The van der Waals surface area contributed by atoms with Crippen molar-refractivity contribution in [1.82, 2.24) is 4.90 Å². The molecular weight excluding hydrogens is 280 g/mol. The highest BCUT2D eigenvalue weighted by atomic mass is 32.2. The smallest absolute Gasteiger partial charge is 0.119 e. The Kier molecular flexibility index (Phi) is 5.98. The molecule has 4 heteroatoms. The summed E-state index contributed by atoms with van der Waals surface area (Å²) in [6.45, 7) is 9.02. The lowest BCUT2D eigenvalue weighted by atomic mass is 10.2. The van der Waals surface area contributed by atoms with Gasteiger partial charge in [0.05, 0.1) is 6.54 Å². The fourth-order valence-electron chi connectivity index (χ4n) is 2.39. The molecule has 2 rings (SSSR count). The first-order chi connectivity index (χ1) is 10.1. The van der Waals surface area contributed by atoms with Crippen LogP contribution in [0.25, 0.3) is 0 Å². The first-order valence-corrected chi connectivity index (χ1v) is 8.36. The molecule has 0 atom stereocenters. The predicted octanol–water partition coefficient (Wildman–Crippen LogP) is 2.20. The third-order valence-electron chi connectivity index (χ3n) is 3.37. The van der Waals surface area contributed by atoms with E-state index >= 15 is 0 Å². The van der Waals surface area contributed by atoms with Crippen LogP contribution in [0.4, 0.5) is 0 Å². The van der Waals surface area contributed by atoms with Gasteiger partial charge in [-0.05, 0) is 38.1 Å². The van der Waals surface area contributed by atoms with E-state index in [1.165, 1.54) is 5.75 Å². The molecular formula is C17H24N2OS. The normalized spacial score (nSPS) is 17.9. The Labute approximate surface area is 132 Å². The van der Waals surface area contributed by atoms with Crippen LogP contribution in [0.15, 0.2) is 24.3 Å². The van der Waals surface area contributed by atoms with Crippen LogP contribution in [-0.4, -0.2) is 48.2 Å². The Morgan fingerprint density at radius 1 is 1.33 bits per heavy atom. The van der Waals surface area contributed by atoms with Crippen molar-refractivity contribution in [2.45, 2.75) is 18.6 Å². The number of hydrogen-bond acceptors (Lipinski definition) is 4. The predicted molar refractivity (Wildman–Crippen MR) is 90.8 cm³/mol. The van der Waals surface area contributed by atoms with Crippen LogP contribution in [-0.2, 0) is 0 Å². The van der Waals surface area contributed by atoms with E-state index in [9.17, 15) is 0 Å². The molecule has 21 heavy (non-hydrogen) atoms. The molecule has 0 amide bonds. The van der Waals surface area contributed by atoms with Crippen molar-refractivity contribution in [3.05, 3.63) is 29.8 Å². The molecule has 0 unspecified atom stereocenters. The maximum Gasteiger partial charge on any atom is 0.119 e. The third kappa shape index (κ3) is 5.62. The zero-order valence-electron chi connectivity index (χ0n) is 12.9. The van der Waals surface area contributed by atoms with Crippen molar-refractivity contribution in [3.63, 3.8) is 0 Å². The van der Waals surface area contributed by atoms with E-state index in [1.807, 2.05) is 24.3 Å². The van der Waals surface area contributed by atoms with Gasteiger partial charge >= 0.3 is 0 Å². The minimum Gasteiger partial charge on any atom is -0.492 e. The van der Waals surface area contributed by atoms with Crippen molar-refractivity contribution in [3.8, 4) is 17.6 Å². The summed E-state index contributed by atoms with van der Waals surface area (Å²) in [5.41, 5.74) is 6.33. The second kappa shape index (κ2) is 7.74. The van der Waals surface area contributed by atoms with Crippen LogP contribution in [0.1, 0.15) is 19.4 Å². The standard InChI is InChI=1S/C17H24N2OS/c1-17(2)14-19(11-13-21-17)10-12-20-16-7-5-15(6-8-16)4-3-9-18/h5-8H,9-14,18H2,1-2H3. The first kappa shape index (κ1) is 16.2. The van der Waals surface area contributed by atoms with Gasteiger partial charge < -0.3 is 10.5 Å². The Bertz CT molecular complexity index is 502. The highest BCUT2D eigenvalue weighted by Crippen LogP contribution is 2.29. The van der Waals surface area contributed by atoms with E-state index in [1.54, 1.807) is 0 Å². The molecule has 0 saturated carbocycles. The van der Waals surface area contributed by atoms with E-state index in [2.05, 4.69) is 42.4 Å². The summed E-state index contributed by atoms with van der Waals surface area (Å²) in [4.78, 5) is 2.48. The fraction of sp³-hybridized carbons (Fsp3) is 0.529. The van der Waals surface area contributed by atoms with E-state index in [0.29, 0.717) is 11.3 Å². The number of rotatable bonds is 4. The highest BCUT2D eigenvalue weighted by molar-refractivity contribution is 8.00. The van der Waals surface area contributed by atoms with Gasteiger partial charge in [-0.3, -0.25) is 4.90 Å². The molecule has 1 heterocycles. The number of nitrogens with zero attached hydrogens (tertiary/aromatic N) is 1. The molecule has 1 saturated heterocycles. The SMILES string of the molecule is CC1(C)CN(CCOc2ccc(C#CCN)cc2)CCS1. The van der Waals surface area contributed by atoms with Gasteiger partial charge in [0.2, 0.25) is 0 Å². The summed E-state index contributed by atoms with van der Waals surface area (Å²) in [6.07, 6.45) is 0. The maximum absolute atomic E-state index is 5.82. The van der Waals surface area contributed by atoms with Gasteiger partial charge in [0.1, 0.15) is 12.4 Å². The summed E-state index contributed by atoms with van der Waals surface area (Å²) in [6, 6.07) is 7.88. The molecule has 0 bridgehead atoms. The summed E-state index contributed by atoms with van der Waals surface area (Å²) < 4.78 is 6.18. The fourth-order valence-corrected chi connectivity index (χ4v) is 3.56. The third-order valence-corrected chi connectivity index (χ3v) is 4.67. The maximum atomic E-state index is 5.82. The summed E-state index contributed by atoms with van der Waals surface area (Å²) >= 11 is 2.06. The van der Waals surface area contributed by atoms with Gasteiger partial charge in [0.15, 0.2) is 0 Å². The van der Waals surface area contributed by atoms with E-state index < -0.39 is 0 Å². The average Bonchev–Trinajstić information content (AvgIpc) is 2.45. The lowest BCUT2D eigenvalue weighted by Gasteiger charge is -2.37. The van der Waals surface area contributed by atoms with Crippen LogP contribution >= 0.6 is 11.8 Å². The summed E-state index contributed by atoms with van der Waals surface area (Å²) in [5, 5.41) is 0. The Morgan fingerprint density at radius 2 is 2.10 bits per heavy atom. The number of nitrogens with two attached hydrogens (primary N) is 1. The zero-order valence-corrected chi connectivity index (χ0v) is 13.7. The van der Waals surface area contributed by atoms with Gasteiger partial charge in [-0.2, -0.15) is 11.8 Å². The Morgan fingerprint density at radius 3 is 2.76 bits per heavy atom. The second-order valence-electron chi connectivity index (χ2n) is 5.76. The zero-order chi connectivity index (χ0) is 15.1. The van der Waals surface area contributed by atoms with Crippen LogP contribution < -0.4 is 10.5 Å². The number of benzene rings is 1. The molecule has 1 aromatic rings. The van der Waals surface area contributed by atoms with Crippen molar-refractivity contribution in [1.29, 1.82) is 0 Å². The monoisotopic (exact) mass is 304 g/mol. The van der Waals surface area contributed by atoms with Crippen LogP contribution in [0.3, 0.4) is 0 Å². The van der Waals surface area contributed by atoms with E-state index in [0.717, 1.165) is 37.6 Å². The van der Waals surface area contributed by atoms with Gasteiger partial charge in [0.25, 0.3) is 0 Å². The van der Waals surface area contributed by atoms with E-state index in [4.69, 9.17) is 10.5 Å². The largest absolute Gasteiger partial charge is 0.492 e. The molecule has 0 aromatic heterocycles. The number of ether oxygens (including phenoxy) is 1. The molecule has 0 aliphatic carbocycles. The van der Waals surface area contributed by atoms with Gasteiger partial charge in [-0.15, -0.1) is 0 Å². The van der Waals surface area contributed by atoms with Gasteiger partial charge in [-0.1, -0.05) is 11.8 Å². The average molecular weight is 304 g/mol. The molecule has 1 fully saturated rings. The molecule has 1 aliphatic rings. The summed E-state index contributed by atoms with van der Waals surface area (Å²) in [7, 11) is 0. The minimum atomic E-state index is 0.363. The summed E-state index contributed by atoms with van der Waals surface area (Å²) in [5.74, 6) is 7.97. The van der Waals surface area contributed by atoms with E-state index in [-0.39, 0.29) is 0 Å². The highest BCUT2D eigenvalue weighted by Gasteiger charge is 2.26. The lowest BCUT2D eigenvalue weighted by molar-refractivity contribution is 0.202. The molecule has 1 aromatic carbocycles. The molecule has 2 N–H and O–H groups in total. The number of thioether (sulfide) groups is 1. The van der Waals surface area contributed by atoms with Crippen molar-refractivity contribution in [2.24, 2.45) is 5.73 Å². The van der Waals surface area contributed by atoms with Crippen LogP contribution in [0.5, 0.6) is 5.75 Å². The lowest BCUT2D eigenvalue weighted by Crippen LogP contribution is -2.44. The first-order valence-electron chi connectivity index (χ1n) is 7.37. The van der Waals surface area contributed by atoms with Gasteiger partial charge in [0, 0.05) is 35.7 Å². The minimum absolute atomic E-state index is 0.363. The van der Waals surface area contributed by atoms with Crippen LogP contribution in [0.2, 0.25) is 0 Å². The second-order valence-corrected chi connectivity index (χ2v) is 7.57. The topological polar surface area (TPSA) is 38.5 Å². The van der Waals surface area contributed by atoms with Crippen molar-refractivity contribution in [2.75, 3.05) is 38.5 Å². The molecule has 0 spiro atoms. The van der Waals surface area contributed by atoms with Crippen LogP contribution in [0, 0.1) is 11.8 Å². The molecule has 1 aliphatic heterocycles. The quantitative estimate of drug-likeness (QED) is 0.866. The molecule has 0 radical (unpaired) electrons. The van der Waals surface area contributed by atoms with Crippen molar-refractivity contribution < 1.29 is 4.74 Å². The molecule has 114 valence electrons.